The van der Waals surface area contributed by atoms with E-state index in [1.165, 1.54) is 12.1 Å². The Labute approximate surface area is 141 Å². The summed E-state index contributed by atoms with van der Waals surface area (Å²) in [6.45, 7) is 1.88. The summed E-state index contributed by atoms with van der Waals surface area (Å²) >= 11 is 5.61. The zero-order valence-corrected chi connectivity index (χ0v) is 14.3. The average Bonchev–Trinajstić information content (AvgIpc) is 2.53. The van der Waals surface area contributed by atoms with Gasteiger partial charge in [0.25, 0.3) is 10.0 Å². The fourth-order valence-electron chi connectivity index (χ4n) is 2.10. The maximum Gasteiger partial charge on any atom is 0.261 e. The first-order valence-corrected chi connectivity index (χ1v) is 9.23. The molecule has 0 bridgehead atoms. The van der Waals surface area contributed by atoms with Crippen LogP contribution in [-0.4, -0.2) is 20.1 Å². The molecule has 2 aromatic carbocycles. The first-order valence-electron chi connectivity index (χ1n) is 7.22. The number of carbonyl (C=O) groups is 1. The molecule has 2 rings (SSSR count). The number of anilines is 1. The van der Waals surface area contributed by atoms with Gasteiger partial charge in [-0.05, 0) is 37.6 Å². The molecule has 23 heavy (non-hydrogen) atoms. The molecule has 6 heteroatoms. The summed E-state index contributed by atoms with van der Waals surface area (Å²) < 4.78 is 27.4. The predicted octanol–water partition coefficient (Wildman–Crippen LogP) is 4.00. The SMILES string of the molecule is Cc1ccc(S(=O)(=O)Nc2ccccc2C(=O)CCCCl)cc1. The topological polar surface area (TPSA) is 63.2 Å². The van der Waals surface area contributed by atoms with Crippen molar-refractivity contribution in [3.8, 4) is 0 Å². The lowest BCUT2D eigenvalue weighted by atomic mass is 10.1. The highest BCUT2D eigenvalue weighted by atomic mass is 35.5. The number of benzene rings is 2. The smallest absolute Gasteiger partial charge is 0.261 e. The van der Waals surface area contributed by atoms with Gasteiger partial charge in [-0.2, -0.15) is 0 Å². The second-order valence-electron chi connectivity index (χ2n) is 5.18. The molecule has 0 radical (unpaired) electrons. The molecule has 122 valence electrons. The highest BCUT2D eigenvalue weighted by Gasteiger charge is 2.18. The number of para-hydroxylation sites is 1. The lowest BCUT2D eigenvalue weighted by Gasteiger charge is -2.12. The lowest BCUT2D eigenvalue weighted by Crippen LogP contribution is -2.15. The molecule has 0 fully saturated rings. The van der Waals surface area contributed by atoms with E-state index in [1.807, 2.05) is 6.92 Å². The van der Waals surface area contributed by atoms with E-state index in [2.05, 4.69) is 4.72 Å². The molecule has 4 nitrogen and oxygen atoms in total. The number of sulfonamides is 1. The molecule has 0 amide bonds. The summed E-state index contributed by atoms with van der Waals surface area (Å²) in [5, 5.41) is 0. The number of Topliss-reactive ketones (excluding diaryl/α,β-unsaturated/α-hetero) is 1. The minimum Gasteiger partial charge on any atom is -0.294 e. The van der Waals surface area contributed by atoms with Crippen molar-refractivity contribution in [3.05, 3.63) is 59.7 Å². The molecular weight excluding hydrogens is 334 g/mol. The minimum absolute atomic E-state index is 0.132. The van der Waals surface area contributed by atoms with Crippen molar-refractivity contribution >= 4 is 33.1 Å². The molecule has 0 heterocycles. The Morgan fingerprint density at radius 2 is 1.74 bits per heavy atom. The first-order chi connectivity index (χ1) is 10.9. The lowest BCUT2D eigenvalue weighted by molar-refractivity contribution is 0.0983. The van der Waals surface area contributed by atoms with Crippen LogP contribution in [0.5, 0.6) is 0 Å². The van der Waals surface area contributed by atoms with E-state index in [4.69, 9.17) is 11.6 Å². The van der Waals surface area contributed by atoms with Gasteiger partial charge in [-0.15, -0.1) is 11.6 Å². The van der Waals surface area contributed by atoms with Crippen LogP contribution in [0.3, 0.4) is 0 Å². The van der Waals surface area contributed by atoms with Crippen LogP contribution in [0.25, 0.3) is 0 Å². The Hall–Kier alpha value is -1.85. The third kappa shape index (κ3) is 4.56. The highest BCUT2D eigenvalue weighted by molar-refractivity contribution is 7.92. The molecule has 0 unspecified atom stereocenters. The zero-order valence-electron chi connectivity index (χ0n) is 12.8. The zero-order chi connectivity index (χ0) is 16.9. The molecule has 0 spiro atoms. The molecule has 0 aliphatic rings. The molecule has 1 N–H and O–H groups in total. The quantitative estimate of drug-likeness (QED) is 0.605. The van der Waals surface area contributed by atoms with Crippen molar-refractivity contribution in [2.45, 2.75) is 24.7 Å². The van der Waals surface area contributed by atoms with Crippen LogP contribution in [-0.2, 0) is 10.0 Å². The van der Waals surface area contributed by atoms with Crippen LogP contribution < -0.4 is 4.72 Å². The number of hydrogen-bond acceptors (Lipinski definition) is 3. The van der Waals surface area contributed by atoms with Crippen LogP contribution in [0.4, 0.5) is 5.69 Å². The summed E-state index contributed by atoms with van der Waals surface area (Å²) in [6.07, 6.45) is 0.839. The van der Waals surface area contributed by atoms with E-state index in [0.717, 1.165) is 5.56 Å². The van der Waals surface area contributed by atoms with Gasteiger partial charge >= 0.3 is 0 Å². The number of aryl methyl sites for hydroxylation is 1. The Balaban J connectivity index is 2.29. The third-order valence-electron chi connectivity index (χ3n) is 3.34. The van der Waals surface area contributed by atoms with Gasteiger partial charge in [-0.3, -0.25) is 9.52 Å². The third-order valence-corrected chi connectivity index (χ3v) is 4.99. The summed E-state index contributed by atoms with van der Waals surface area (Å²) in [5.41, 5.74) is 1.61. The van der Waals surface area contributed by atoms with Crippen molar-refractivity contribution < 1.29 is 13.2 Å². The molecule has 0 saturated heterocycles. The van der Waals surface area contributed by atoms with Crippen molar-refractivity contribution in [2.24, 2.45) is 0 Å². The Morgan fingerprint density at radius 1 is 1.09 bits per heavy atom. The van der Waals surface area contributed by atoms with Gasteiger partial charge in [0.15, 0.2) is 5.78 Å². The van der Waals surface area contributed by atoms with Gasteiger partial charge in [0.1, 0.15) is 0 Å². The van der Waals surface area contributed by atoms with Crippen molar-refractivity contribution in [3.63, 3.8) is 0 Å². The largest absolute Gasteiger partial charge is 0.294 e. The van der Waals surface area contributed by atoms with Crippen LogP contribution in [0.1, 0.15) is 28.8 Å². The van der Waals surface area contributed by atoms with Gasteiger partial charge in [-0.25, -0.2) is 8.42 Å². The Bertz CT molecular complexity index is 786. The Morgan fingerprint density at radius 3 is 2.39 bits per heavy atom. The molecule has 0 atom stereocenters. The van der Waals surface area contributed by atoms with E-state index in [0.29, 0.717) is 17.9 Å². The molecule has 2 aromatic rings. The van der Waals surface area contributed by atoms with E-state index < -0.39 is 10.0 Å². The predicted molar refractivity (Wildman–Crippen MR) is 92.7 cm³/mol. The normalized spacial score (nSPS) is 11.2. The summed E-state index contributed by atoms with van der Waals surface area (Å²) in [4.78, 5) is 12.4. The molecule has 0 aliphatic heterocycles. The second-order valence-corrected chi connectivity index (χ2v) is 7.24. The number of rotatable bonds is 7. The monoisotopic (exact) mass is 351 g/mol. The maximum atomic E-state index is 12.5. The van der Waals surface area contributed by atoms with Crippen molar-refractivity contribution in [1.82, 2.24) is 0 Å². The fraction of sp³-hybridized carbons (Fsp3) is 0.235. The van der Waals surface area contributed by atoms with Gasteiger partial charge < -0.3 is 0 Å². The fourth-order valence-corrected chi connectivity index (χ4v) is 3.31. The van der Waals surface area contributed by atoms with E-state index in [-0.39, 0.29) is 22.8 Å². The number of ketones is 1. The summed E-state index contributed by atoms with van der Waals surface area (Å²) in [5.74, 6) is 0.260. The number of carbonyl (C=O) groups excluding carboxylic acids is 1. The van der Waals surface area contributed by atoms with E-state index in [9.17, 15) is 13.2 Å². The number of alkyl halides is 1. The van der Waals surface area contributed by atoms with Crippen LogP contribution in [0.2, 0.25) is 0 Å². The van der Waals surface area contributed by atoms with Crippen molar-refractivity contribution in [1.29, 1.82) is 0 Å². The second kappa shape index (κ2) is 7.62. The summed E-state index contributed by atoms with van der Waals surface area (Å²) in [7, 11) is -3.73. The Kier molecular flexibility index (Phi) is 5.80. The molecular formula is C17H18ClNO3S. The molecule has 0 saturated carbocycles. The van der Waals surface area contributed by atoms with Gasteiger partial charge in [0.2, 0.25) is 0 Å². The van der Waals surface area contributed by atoms with Crippen LogP contribution >= 0.6 is 11.6 Å². The first kappa shape index (κ1) is 17.5. The van der Waals surface area contributed by atoms with Crippen molar-refractivity contribution in [2.75, 3.05) is 10.6 Å². The molecule has 0 aromatic heterocycles. The number of hydrogen-bond donors (Lipinski definition) is 1. The van der Waals surface area contributed by atoms with Crippen LogP contribution in [0.15, 0.2) is 53.4 Å². The molecule has 0 aliphatic carbocycles. The average molecular weight is 352 g/mol. The number of nitrogens with one attached hydrogen (secondary N) is 1. The minimum atomic E-state index is -3.73. The summed E-state index contributed by atoms with van der Waals surface area (Å²) in [6, 6.07) is 13.1. The van der Waals surface area contributed by atoms with Crippen LogP contribution in [0, 0.1) is 6.92 Å². The highest BCUT2D eigenvalue weighted by Crippen LogP contribution is 2.22. The maximum absolute atomic E-state index is 12.5. The van der Waals surface area contributed by atoms with E-state index >= 15 is 0 Å². The van der Waals surface area contributed by atoms with Gasteiger partial charge in [0, 0.05) is 17.9 Å². The van der Waals surface area contributed by atoms with Gasteiger partial charge in [0.05, 0.1) is 10.6 Å². The standard InChI is InChI=1S/C17H18ClNO3S/c1-13-8-10-14(11-9-13)23(21,22)19-16-6-3-2-5-15(16)17(20)7-4-12-18/h2-3,5-6,8-11,19H,4,7,12H2,1H3. The van der Waals surface area contributed by atoms with Gasteiger partial charge in [-0.1, -0.05) is 29.8 Å². The van der Waals surface area contributed by atoms with E-state index in [1.54, 1.807) is 36.4 Å². The number of halogens is 1.